The zero-order chi connectivity index (χ0) is 21.7. The lowest BCUT2D eigenvalue weighted by Crippen LogP contribution is -1.87. The van der Waals surface area contributed by atoms with Gasteiger partial charge >= 0.3 is 0 Å². The predicted molar refractivity (Wildman–Crippen MR) is 119 cm³/mol. The van der Waals surface area contributed by atoms with E-state index in [0.717, 1.165) is 22.0 Å². The molecule has 0 spiro atoms. The first-order valence-electron chi connectivity index (χ1n) is 9.90. The van der Waals surface area contributed by atoms with E-state index in [1.165, 1.54) is 12.3 Å². The molecule has 0 amide bonds. The molecule has 0 bridgehead atoms. The molecule has 0 atom stereocenters. The zero-order valence-electron chi connectivity index (χ0n) is 16.5. The fourth-order valence-electron chi connectivity index (χ4n) is 3.88. The number of hydrogen-bond donors (Lipinski definition) is 3. The Morgan fingerprint density at radius 3 is 2.69 bits per heavy atom. The van der Waals surface area contributed by atoms with Gasteiger partial charge in [0.25, 0.3) is 0 Å². The van der Waals surface area contributed by atoms with Crippen LogP contribution in [0.25, 0.3) is 55.8 Å². The maximum Gasteiger partial charge on any atom is 0.160 e. The molecule has 0 aliphatic carbocycles. The van der Waals surface area contributed by atoms with E-state index in [4.69, 9.17) is 4.98 Å². The summed E-state index contributed by atoms with van der Waals surface area (Å²) in [7, 11) is 0. The van der Waals surface area contributed by atoms with Crippen molar-refractivity contribution in [2.24, 2.45) is 0 Å². The third-order valence-electron chi connectivity index (χ3n) is 5.39. The van der Waals surface area contributed by atoms with Gasteiger partial charge in [0.05, 0.1) is 11.7 Å². The van der Waals surface area contributed by atoms with Crippen LogP contribution in [0.3, 0.4) is 0 Å². The molecular weight excluding hydrogens is 407 g/mol. The Morgan fingerprint density at radius 1 is 0.906 bits per heavy atom. The molecule has 0 aliphatic rings. The summed E-state index contributed by atoms with van der Waals surface area (Å²) >= 11 is 0. The summed E-state index contributed by atoms with van der Waals surface area (Å²) in [5, 5.41) is 18.1. The maximum atomic E-state index is 14.4. The number of fused-ring (bicyclic) bond motifs is 2. The van der Waals surface area contributed by atoms with Crippen molar-refractivity contribution < 1.29 is 9.50 Å². The van der Waals surface area contributed by atoms with Crippen molar-refractivity contribution in [2.75, 3.05) is 0 Å². The van der Waals surface area contributed by atoms with Crippen molar-refractivity contribution in [1.82, 2.24) is 30.1 Å². The summed E-state index contributed by atoms with van der Waals surface area (Å²) in [5.41, 5.74) is 5.34. The summed E-state index contributed by atoms with van der Waals surface area (Å²) in [4.78, 5) is 16.3. The van der Waals surface area contributed by atoms with Gasteiger partial charge in [-0.25, -0.2) is 14.4 Å². The second-order valence-corrected chi connectivity index (χ2v) is 7.39. The summed E-state index contributed by atoms with van der Waals surface area (Å²) in [6.07, 6.45) is 4.70. The van der Waals surface area contributed by atoms with Crippen LogP contribution in [0, 0.1) is 5.82 Å². The average molecular weight is 422 g/mol. The summed E-state index contributed by atoms with van der Waals surface area (Å²) in [6.45, 7) is 0. The second kappa shape index (κ2) is 6.98. The molecule has 4 heterocycles. The Hall–Kier alpha value is -4.59. The average Bonchev–Trinajstić information content (AvgIpc) is 3.43. The molecule has 154 valence electrons. The first kappa shape index (κ1) is 18.2. The third-order valence-corrected chi connectivity index (χ3v) is 5.39. The fourth-order valence-corrected chi connectivity index (χ4v) is 3.88. The lowest BCUT2D eigenvalue weighted by atomic mass is 10.0. The van der Waals surface area contributed by atoms with Gasteiger partial charge in [0, 0.05) is 34.5 Å². The van der Waals surface area contributed by atoms with Gasteiger partial charge in [0.2, 0.25) is 0 Å². The number of H-pyrrole nitrogens is 2. The van der Waals surface area contributed by atoms with E-state index in [1.54, 1.807) is 42.7 Å². The molecule has 6 aromatic rings. The number of hydrogen-bond acceptors (Lipinski definition) is 5. The van der Waals surface area contributed by atoms with Gasteiger partial charge in [0.1, 0.15) is 22.8 Å². The van der Waals surface area contributed by atoms with Gasteiger partial charge in [-0.05, 0) is 35.9 Å². The van der Waals surface area contributed by atoms with E-state index >= 15 is 0 Å². The molecule has 6 rings (SSSR count). The molecule has 2 aromatic carbocycles. The number of aromatic hydroxyl groups is 1. The molecule has 0 unspecified atom stereocenters. The Kier molecular flexibility index (Phi) is 3.97. The molecule has 3 N–H and O–H groups in total. The Labute approximate surface area is 180 Å². The Balaban J connectivity index is 1.52. The number of nitrogens with one attached hydrogen (secondary N) is 2. The smallest absolute Gasteiger partial charge is 0.160 e. The quantitative estimate of drug-likeness (QED) is 0.369. The van der Waals surface area contributed by atoms with Crippen LogP contribution >= 0.6 is 0 Å². The van der Waals surface area contributed by atoms with Crippen LogP contribution in [0.5, 0.6) is 5.75 Å². The lowest BCUT2D eigenvalue weighted by Gasteiger charge is -2.03. The van der Waals surface area contributed by atoms with Crippen LogP contribution in [-0.2, 0) is 0 Å². The number of nitrogens with zero attached hydrogens (tertiary/aromatic N) is 4. The van der Waals surface area contributed by atoms with Crippen LogP contribution in [0.4, 0.5) is 4.39 Å². The molecule has 8 heteroatoms. The van der Waals surface area contributed by atoms with E-state index in [0.29, 0.717) is 33.8 Å². The van der Waals surface area contributed by atoms with Gasteiger partial charge in [-0.1, -0.05) is 24.3 Å². The van der Waals surface area contributed by atoms with E-state index < -0.39 is 0 Å². The standard InChI is InChI=1S/C24H15FN6O/c25-19-4-2-1-3-16(19)17-7-8-27-23-21(17)28-24(29-23)22-18-10-13(5-6-20(18)30-31-22)14-9-15(32)12-26-11-14/h1-12,32H,(H,30,31)(H,27,28,29). The van der Waals surface area contributed by atoms with Gasteiger partial charge in [-0.2, -0.15) is 5.10 Å². The van der Waals surface area contributed by atoms with Crippen molar-refractivity contribution in [1.29, 1.82) is 0 Å². The molecule has 4 aromatic heterocycles. The summed E-state index contributed by atoms with van der Waals surface area (Å²) in [6, 6.07) is 15.8. The van der Waals surface area contributed by atoms with Crippen molar-refractivity contribution >= 4 is 22.1 Å². The van der Waals surface area contributed by atoms with Gasteiger partial charge in [-0.15, -0.1) is 0 Å². The van der Waals surface area contributed by atoms with Gasteiger partial charge in [0.15, 0.2) is 11.5 Å². The van der Waals surface area contributed by atoms with E-state index in [1.807, 2.05) is 18.2 Å². The summed E-state index contributed by atoms with van der Waals surface area (Å²) in [5.74, 6) is 0.298. The predicted octanol–water partition coefficient (Wildman–Crippen LogP) is 5.07. The number of imidazole rings is 1. The number of aromatic amines is 2. The molecular formula is C24H15FN6O. The third kappa shape index (κ3) is 2.89. The van der Waals surface area contributed by atoms with Crippen LogP contribution < -0.4 is 0 Å². The minimum absolute atomic E-state index is 0.0963. The molecule has 0 fully saturated rings. The largest absolute Gasteiger partial charge is 0.506 e. The number of rotatable bonds is 3. The topological polar surface area (TPSA) is 103 Å². The molecule has 7 nitrogen and oxygen atoms in total. The van der Waals surface area contributed by atoms with E-state index in [2.05, 4.69) is 25.1 Å². The summed E-state index contributed by atoms with van der Waals surface area (Å²) < 4.78 is 14.4. The minimum Gasteiger partial charge on any atom is -0.506 e. The molecule has 32 heavy (non-hydrogen) atoms. The SMILES string of the molecule is Oc1cncc(-c2ccc3[nH]nc(-c4nc5c(-c6ccccc6F)ccnc5[nH]4)c3c2)c1. The number of halogens is 1. The first-order chi connectivity index (χ1) is 15.7. The highest BCUT2D eigenvalue weighted by molar-refractivity contribution is 5.97. The molecule has 0 saturated carbocycles. The number of benzene rings is 2. The fraction of sp³-hybridized carbons (Fsp3) is 0. The number of aromatic nitrogens is 6. The molecule has 0 saturated heterocycles. The minimum atomic E-state index is -0.320. The van der Waals surface area contributed by atoms with Crippen LogP contribution in [0.2, 0.25) is 0 Å². The normalized spacial score (nSPS) is 11.4. The first-order valence-corrected chi connectivity index (χ1v) is 9.90. The lowest BCUT2D eigenvalue weighted by molar-refractivity contribution is 0.473. The van der Waals surface area contributed by atoms with Crippen molar-refractivity contribution in [3.8, 4) is 39.5 Å². The number of pyridine rings is 2. The van der Waals surface area contributed by atoms with E-state index in [9.17, 15) is 9.50 Å². The van der Waals surface area contributed by atoms with Crippen LogP contribution in [0.1, 0.15) is 0 Å². The van der Waals surface area contributed by atoms with Crippen LogP contribution in [-0.4, -0.2) is 35.2 Å². The van der Waals surface area contributed by atoms with Crippen molar-refractivity contribution in [3.05, 3.63) is 79.0 Å². The highest BCUT2D eigenvalue weighted by Crippen LogP contribution is 2.33. The van der Waals surface area contributed by atoms with Crippen molar-refractivity contribution in [3.63, 3.8) is 0 Å². The Morgan fingerprint density at radius 2 is 1.81 bits per heavy atom. The van der Waals surface area contributed by atoms with Gasteiger partial charge in [-0.3, -0.25) is 10.1 Å². The highest BCUT2D eigenvalue weighted by atomic mass is 19.1. The van der Waals surface area contributed by atoms with E-state index in [-0.39, 0.29) is 11.6 Å². The second-order valence-electron chi connectivity index (χ2n) is 7.39. The van der Waals surface area contributed by atoms with Crippen molar-refractivity contribution in [2.45, 2.75) is 0 Å². The maximum absolute atomic E-state index is 14.4. The monoisotopic (exact) mass is 422 g/mol. The zero-order valence-corrected chi connectivity index (χ0v) is 16.5. The van der Waals surface area contributed by atoms with Gasteiger partial charge < -0.3 is 10.1 Å². The highest BCUT2D eigenvalue weighted by Gasteiger charge is 2.17. The molecule has 0 radical (unpaired) electrons. The Bertz CT molecular complexity index is 1620. The van der Waals surface area contributed by atoms with Crippen LogP contribution in [0.15, 0.2) is 73.2 Å². The molecule has 0 aliphatic heterocycles.